The monoisotopic (exact) mass is 354 g/mol. The molecule has 0 aromatic heterocycles. The lowest BCUT2D eigenvalue weighted by Gasteiger charge is -2.12. The van der Waals surface area contributed by atoms with E-state index in [1.54, 1.807) is 18.4 Å². The van der Waals surface area contributed by atoms with Crippen molar-refractivity contribution in [2.24, 2.45) is 0 Å². The number of methoxy groups -OCH3 is 2. The van der Waals surface area contributed by atoms with E-state index in [0.29, 0.717) is 13.2 Å². The van der Waals surface area contributed by atoms with Gasteiger partial charge in [0.1, 0.15) is 5.92 Å². The van der Waals surface area contributed by atoms with Crippen LogP contribution >= 0.6 is 0 Å². The Morgan fingerprint density at radius 2 is 1.92 bits per heavy atom. The summed E-state index contributed by atoms with van der Waals surface area (Å²) in [7, 11) is 2.97. The van der Waals surface area contributed by atoms with Crippen molar-refractivity contribution >= 4 is 18.0 Å². The second-order valence-electron chi connectivity index (χ2n) is 4.91. The molecule has 2 N–H and O–H groups in total. The van der Waals surface area contributed by atoms with Crippen LogP contribution in [-0.4, -0.2) is 56.2 Å². The van der Waals surface area contributed by atoms with Crippen LogP contribution in [0.25, 0.3) is 6.08 Å². The smallest absolute Gasteiger partial charge is 0.313 e. The maximum Gasteiger partial charge on any atom is 0.313 e. The maximum absolute atomic E-state index is 11.1. The molecule has 1 aromatic rings. The summed E-state index contributed by atoms with van der Waals surface area (Å²) in [6.07, 6.45) is 3.50. The molecule has 0 aliphatic rings. The van der Waals surface area contributed by atoms with Crippen molar-refractivity contribution in [2.75, 3.05) is 34.0 Å². The Kier molecular flexibility index (Phi) is 12.7. The van der Waals surface area contributed by atoms with E-state index in [4.69, 9.17) is 19.7 Å². The van der Waals surface area contributed by atoms with Gasteiger partial charge >= 0.3 is 11.9 Å². The highest BCUT2D eigenvalue weighted by Crippen LogP contribution is 2.18. The van der Waals surface area contributed by atoms with E-state index in [1.165, 1.54) is 14.2 Å². The van der Waals surface area contributed by atoms with Gasteiger partial charge in [-0.2, -0.15) is 0 Å². The summed E-state index contributed by atoms with van der Waals surface area (Å²) >= 11 is 0. The lowest BCUT2D eigenvalue weighted by molar-refractivity contribution is -0.140. The third kappa shape index (κ3) is 10.9. The van der Waals surface area contributed by atoms with Crippen LogP contribution in [0.1, 0.15) is 30.4 Å². The van der Waals surface area contributed by atoms with Crippen molar-refractivity contribution in [3.8, 4) is 0 Å². The Hall–Kier alpha value is -2.38. The minimum atomic E-state index is -0.886. The van der Waals surface area contributed by atoms with Crippen LogP contribution in [0.4, 0.5) is 0 Å². The fraction of sp³-hybridized carbons (Fsp3) is 0.444. The first-order valence-corrected chi connectivity index (χ1v) is 7.76. The molecule has 0 heterocycles. The molecular weight excluding hydrogens is 328 g/mol. The van der Waals surface area contributed by atoms with Gasteiger partial charge in [-0.05, 0) is 24.1 Å². The first-order chi connectivity index (χ1) is 12.0. The van der Waals surface area contributed by atoms with Crippen molar-refractivity contribution in [3.05, 3.63) is 41.7 Å². The summed E-state index contributed by atoms with van der Waals surface area (Å²) in [6.45, 7) is 2.97. The van der Waals surface area contributed by atoms with Gasteiger partial charge in [-0.1, -0.05) is 24.3 Å². The molecule has 7 heteroatoms. The standard InChI is InChI=1S/C14H18O4.C4H8O3/c1-3-18-8-7-11-5-4-6-12(9-11)13(10-17-2)14(15)16;1-7-3-2-4(5)6/h4-9,13H,3,10H2,1-2H3,(H,15,16);2-3H2,1H3,(H,5,6)/b8-7+;. The van der Waals surface area contributed by atoms with E-state index in [1.807, 2.05) is 25.1 Å². The van der Waals surface area contributed by atoms with E-state index >= 15 is 0 Å². The van der Waals surface area contributed by atoms with Crippen LogP contribution < -0.4 is 0 Å². The molecule has 0 radical (unpaired) electrons. The fourth-order valence-electron chi connectivity index (χ4n) is 1.77. The summed E-state index contributed by atoms with van der Waals surface area (Å²) in [5, 5.41) is 17.1. The third-order valence-electron chi connectivity index (χ3n) is 2.99. The van der Waals surface area contributed by atoms with Crippen LogP contribution in [0.5, 0.6) is 0 Å². The molecule has 0 bridgehead atoms. The molecule has 140 valence electrons. The molecular formula is C18H26O7. The van der Waals surface area contributed by atoms with Crippen LogP contribution in [0, 0.1) is 0 Å². The average molecular weight is 354 g/mol. The van der Waals surface area contributed by atoms with Crippen molar-refractivity contribution in [1.29, 1.82) is 0 Å². The molecule has 7 nitrogen and oxygen atoms in total. The minimum Gasteiger partial charge on any atom is -0.501 e. The summed E-state index contributed by atoms with van der Waals surface area (Å²) in [5.41, 5.74) is 1.63. The van der Waals surface area contributed by atoms with E-state index in [9.17, 15) is 9.59 Å². The highest BCUT2D eigenvalue weighted by Gasteiger charge is 2.19. The largest absolute Gasteiger partial charge is 0.501 e. The topological polar surface area (TPSA) is 102 Å². The molecule has 0 saturated carbocycles. The van der Waals surface area contributed by atoms with E-state index in [-0.39, 0.29) is 13.0 Å². The maximum atomic E-state index is 11.1. The molecule has 0 amide bonds. The highest BCUT2D eigenvalue weighted by atomic mass is 16.5. The van der Waals surface area contributed by atoms with Gasteiger partial charge in [0, 0.05) is 14.2 Å². The summed E-state index contributed by atoms with van der Waals surface area (Å²) in [6, 6.07) is 7.33. The van der Waals surface area contributed by atoms with Crippen LogP contribution in [0.3, 0.4) is 0 Å². The lowest BCUT2D eigenvalue weighted by atomic mass is 9.98. The Balaban J connectivity index is 0.000000697. The first-order valence-electron chi connectivity index (χ1n) is 7.76. The van der Waals surface area contributed by atoms with E-state index < -0.39 is 17.9 Å². The van der Waals surface area contributed by atoms with E-state index in [2.05, 4.69) is 4.74 Å². The molecule has 0 aliphatic carbocycles. The normalized spacial score (nSPS) is 11.5. The van der Waals surface area contributed by atoms with Gasteiger partial charge in [0.25, 0.3) is 0 Å². The zero-order valence-electron chi connectivity index (χ0n) is 14.8. The van der Waals surface area contributed by atoms with Crippen molar-refractivity contribution in [2.45, 2.75) is 19.3 Å². The zero-order chi connectivity index (χ0) is 19.1. The van der Waals surface area contributed by atoms with Gasteiger partial charge in [0.15, 0.2) is 0 Å². The van der Waals surface area contributed by atoms with Gasteiger partial charge < -0.3 is 24.4 Å². The van der Waals surface area contributed by atoms with Gasteiger partial charge in [-0.15, -0.1) is 0 Å². The number of hydrogen-bond donors (Lipinski definition) is 2. The molecule has 1 unspecified atom stereocenters. The quantitative estimate of drug-likeness (QED) is 0.623. The van der Waals surface area contributed by atoms with Crippen LogP contribution in [0.2, 0.25) is 0 Å². The molecule has 0 fully saturated rings. The SMILES string of the molecule is CCO/C=C/c1cccc(C(COC)C(=O)O)c1.COCCC(=O)O. The van der Waals surface area contributed by atoms with Crippen LogP contribution in [0.15, 0.2) is 30.5 Å². The Morgan fingerprint density at radius 1 is 1.20 bits per heavy atom. The number of carbonyl (C=O) groups is 2. The molecule has 1 aromatic carbocycles. The number of hydrogen-bond acceptors (Lipinski definition) is 5. The number of rotatable bonds is 10. The number of benzene rings is 1. The molecule has 0 aliphatic heterocycles. The molecule has 0 spiro atoms. The van der Waals surface area contributed by atoms with Gasteiger partial charge in [-0.3, -0.25) is 9.59 Å². The number of ether oxygens (including phenoxy) is 3. The Morgan fingerprint density at radius 3 is 2.40 bits per heavy atom. The average Bonchev–Trinajstić information content (AvgIpc) is 2.58. The predicted molar refractivity (Wildman–Crippen MR) is 93.5 cm³/mol. The van der Waals surface area contributed by atoms with Gasteiger partial charge in [-0.25, -0.2) is 0 Å². The molecule has 1 atom stereocenters. The highest BCUT2D eigenvalue weighted by molar-refractivity contribution is 5.76. The first kappa shape index (κ1) is 22.6. The van der Waals surface area contributed by atoms with Crippen molar-refractivity contribution < 1.29 is 34.0 Å². The zero-order valence-corrected chi connectivity index (χ0v) is 14.8. The van der Waals surface area contributed by atoms with Crippen molar-refractivity contribution in [3.63, 3.8) is 0 Å². The fourth-order valence-corrected chi connectivity index (χ4v) is 1.77. The second kappa shape index (κ2) is 14.0. The molecule has 25 heavy (non-hydrogen) atoms. The predicted octanol–water partition coefficient (Wildman–Crippen LogP) is 2.62. The third-order valence-corrected chi connectivity index (χ3v) is 2.99. The minimum absolute atomic E-state index is 0.0938. The summed E-state index contributed by atoms with van der Waals surface area (Å²) in [5.74, 6) is -2.35. The molecule has 1 rings (SSSR count). The Labute approximate surface area is 147 Å². The van der Waals surface area contributed by atoms with Gasteiger partial charge in [0.2, 0.25) is 0 Å². The molecule has 0 saturated heterocycles. The summed E-state index contributed by atoms with van der Waals surface area (Å²) < 4.78 is 14.5. The lowest BCUT2D eigenvalue weighted by Crippen LogP contribution is -2.16. The second-order valence-corrected chi connectivity index (χ2v) is 4.91. The van der Waals surface area contributed by atoms with E-state index in [0.717, 1.165) is 11.1 Å². The van der Waals surface area contributed by atoms with Crippen molar-refractivity contribution in [1.82, 2.24) is 0 Å². The number of aliphatic carboxylic acids is 2. The number of carboxylic acids is 2. The van der Waals surface area contributed by atoms with Crippen LogP contribution in [-0.2, 0) is 23.8 Å². The summed E-state index contributed by atoms with van der Waals surface area (Å²) in [4.78, 5) is 20.8. The number of carboxylic acid groups (broad SMARTS) is 2. The Bertz CT molecular complexity index is 540. The van der Waals surface area contributed by atoms with Gasteiger partial charge in [0.05, 0.1) is 32.5 Å².